The van der Waals surface area contributed by atoms with Crippen LogP contribution in [0.2, 0.25) is 0 Å². The summed E-state index contributed by atoms with van der Waals surface area (Å²) in [7, 11) is 1.97. The number of halogens is 1. The van der Waals surface area contributed by atoms with Crippen molar-refractivity contribution in [2.75, 3.05) is 7.05 Å². The summed E-state index contributed by atoms with van der Waals surface area (Å²) in [5, 5.41) is 3.35. The molecular weight excluding hydrogens is 290 g/mol. The van der Waals surface area contributed by atoms with Crippen molar-refractivity contribution in [2.24, 2.45) is 0 Å². The van der Waals surface area contributed by atoms with Crippen molar-refractivity contribution in [2.45, 2.75) is 26.4 Å². The second-order valence-electron chi connectivity index (χ2n) is 4.32. The first-order valence-electron chi connectivity index (χ1n) is 6.11. The first-order chi connectivity index (χ1) is 8.67. The van der Waals surface area contributed by atoms with Gasteiger partial charge in [0.15, 0.2) is 0 Å². The number of nitrogens with one attached hydrogen (secondary N) is 1. The van der Waals surface area contributed by atoms with E-state index in [9.17, 15) is 0 Å². The number of benzene rings is 1. The molecule has 0 aliphatic heterocycles. The van der Waals surface area contributed by atoms with Gasteiger partial charge in [-0.1, -0.05) is 33.6 Å². The first-order valence-corrected chi connectivity index (χ1v) is 6.91. The molecule has 0 fully saturated rings. The van der Waals surface area contributed by atoms with E-state index in [-0.39, 0.29) is 6.04 Å². The average Bonchev–Trinajstić information content (AvgIpc) is 2.83. The lowest BCUT2D eigenvalue weighted by atomic mass is 10.0. The van der Waals surface area contributed by atoms with Crippen molar-refractivity contribution < 1.29 is 0 Å². The van der Waals surface area contributed by atoms with Crippen LogP contribution in [0.4, 0.5) is 0 Å². The van der Waals surface area contributed by atoms with Crippen molar-refractivity contribution >= 4 is 15.9 Å². The molecule has 4 heteroatoms. The molecule has 1 unspecified atom stereocenters. The largest absolute Gasteiger partial charge is 0.334 e. The standard InChI is InChI=1S/C14H18BrN3/c1-4-18-8-7-17-14(18)13(16-3)11-9-10(2)5-6-12(11)15/h5-9,13,16H,4H2,1-3H3. The number of hydrogen-bond donors (Lipinski definition) is 1. The molecule has 0 saturated heterocycles. The molecule has 0 saturated carbocycles. The van der Waals surface area contributed by atoms with Gasteiger partial charge in [-0.2, -0.15) is 0 Å². The fourth-order valence-corrected chi connectivity index (χ4v) is 2.63. The summed E-state index contributed by atoms with van der Waals surface area (Å²) in [6.45, 7) is 5.16. The van der Waals surface area contributed by atoms with Gasteiger partial charge in [-0.15, -0.1) is 0 Å². The third kappa shape index (κ3) is 2.49. The minimum absolute atomic E-state index is 0.106. The monoisotopic (exact) mass is 307 g/mol. The molecule has 0 amide bonds. The average molecular weight is 308 g/mol. The Morgan fingerprint density at radius 1 is 1.44 bits per heavy atom. The van der Waals surface area contributed by atoms with E-state index in [1.165, 1.54) is 11.1 Å². The maximum Gasteiger partial charge on any atom is 0.130 e. The van der Waals surface area contributed by atoms with Crippen LogP contribution in [0, 0.1) is 6.92 Å². The maximum absolute atomic E-state index is 4.48. The van der Waals surface area contributed by atoms with Crippen LogP contribution in [0.15, 0.2) is 35.1 Å². The zero-order valence-corrected chi connectivity index (χ0v) is 12.5. The summed E-state index contributed by atoms with van der Waals surface area (Å²) in [6, 6.07) is 6.50. The van der Waals surface area contributed by atoms with Crippen LogP contribution in [0.25, 0.3) is 0 Å². The molecule has 18 heavy (non-hydrogen) atoms. The van der Waals surface area contributed by atoms with Crippen molar-refractivity contribution in [3.8, 4) is 0 Å². The van der Waals surface area contributed by atoms with Crippen LogP contribution in [0.1, 0.15) is 29.9 Å². The fraction of sp³-hybridized carbons (Fsp3) is 0.357. The van der Waals surface area contributed by atoms with Crippen LogP contribution in [-0.4, -0.2) is 16.6 Å². The Labute approximate surface area is 116 Å². The summed E-state index contributed by atoms with van der Waals surface area (Å²) in [4.78, 5) is 4.48. The number of nitrogens with zero attached hydrogens (tertiary/aromatic N) is 2. The third-order valence-electron chi connectivity index (χ3n) is 3.10. The molecular formula is C14H18BrN3. The molecule has 0 aliphatic carbocycles. The van der Waals surface area contributed by atoms with Gasteiger partial charge in [0.1, 0.15) is 5.82 Å². The second kappa shape index (κ2) is 5.67. The summed E-state index contributed by atoms with van der Waals surface area (Å²) in [6.07, 6.45) is 3.87. The fourth-order valence-electron chi connectivity index (χ4n) is 2.16. The van der Waals surface area contributed by atoms with Crippen molar-refractivity contribution in [1.82, 2.24) is 14.9 Å². The second-order valence-corrected chi connectivity index (χ2v) is 5.17. The number of aryl methyl sites for hydroxylation is 2. The Morgan fingerprint density at radius 3 is 2.89 bits per heavy atom. The summed E-state index contributed by atoms with van der Waals surface area (Å²) in [5.74, 6) is 1.05. The Balaban J connectivity index is 2.48. The smallest absolute Gasteiger partial charge is 0.130 e. The molecule has 0 bridgehead atoms. The molecule has 1 aromatic carbocycles. The van der Waals surface area contributed by atoms with Gasteiger partial charge in [0.05, 0.1) is 6.04 Å². The number of hydrogen-bond acceptors (Lipinski definition) is 2. The van der Waals surface area contributed by atoms with Crippen LogP contribution >= 0.6 is 15.9 Å². The van der Waals surface area contributed by atoms with Gasteiger partial charge < -0.3 is 9.88 Å². The highest BCUT2D eigenvalue weighted by Crippen LogP contribution is 2.28. The topological polar surface area (TPSA) is 29.9 Å². The lowest BCUT2D eigenvalue weighted by Gasteiger charge is -2.19. The molecule has 2 rings (SSSR count). The molecule has 96 valence electrons. The van der Waals surface area contributed by atoms with E-state index in [4.69, 9.17) is 0 Å². The summed E-state index contributed by atoms with van der Waals surface area (Å²) < 4.78 is 3.27. The van der Waals surface area contributed by atoms with Gasteiger partial charge in [-0.05, 0) is 32.5 Å². The minimum atomic E-state index is 0.106. The van der Waals surface area contributed by atoms with Crippen LogP contribution in [0.5, 0.6) is 0 Å². The van der Waals surface area contributed by atoms with Gasteiger partial charge in [0, 0.05) is 23.4 Å². The van der Waals surface area contributed by atoms with Crippen molar-refractivity contribution in [3.05, 3.63) is 52.0 Å². The van der Waals surface area contributed by atoms with Crippen LogP contribution < -0.4 is 5.32 Å². The molecule has 3 nitrogen and oxygen atoms in total. The van der Waals surface area contributed by atoms with E-state index in [0.29, 0.717) is 0 Å². The van der Waals surface area contributed by atoms with Crippen molar-refractivity contribution in [1.29, 1.82) is 0 Å². The highest BCUT2D eigenvalue weighted by atomic mass is 79.9. The molecule has 0 radical (unpaired) electrons. The third-order valence-corrected chi connectivity index (χ3v) is 3.82. The molecule has 0 aliphatic rings. The Morgan fingerprint density at radius 2 is 2.22 bits per heavy atom. The quantitative estimate of drug-likeness (QED) is 0.939. The highest BCUT2D eigenvalue weighted by Gasteiger charge is 2.19. The van der Waals surface area contributed by atoms with Gasteiger partial charge >= 0.3 is 0 Å². The van der Waals surface area contributed by atoms with Gasteiger partial charge in [0.2, 0.25) is 0 Å². The normalized spacial score (nSPS) is 12.7. The van der Waals surface area contributed by atoms with Crippen molar-refractivity contribution in [3.63, 3.8) is 0 Å². The molecule has 1 N–H and O–H groups in total. The van der Waals surface area contributed by atoms with E-state index >= 15 is 0 Å². The van der Waals surface area contributed by atoms with E-state index in [2.05, 4.69) is 62.8 Å². The predicted octanol–water partition coefficient (Wildman–Crippen LogP) is 3.28. The predicted molar refractivity (Wildman–Crippen MR) is 77.7 cm³/mol. The SMILES string of the molecule is CCn1ccnc1C(NC)c1cc(C)ccc1Br. The molecule has 0 spiro atoms. The molecule has 2 aromatic rings. The van der Waals surface area contributed by atoms with E-state index in [1.54, 1.807) is 0 Å². The Bertz CT molecular complexity index is 534. The lowest BCUT2D eigenvalue weighted by Crippen LogP contribution is -2.22. The maximum atomic E-state index is 4.48. The van der Waals surface area contributed by atoms with Crippen LogP contribution in [0.3, 0.4) is 0 Å². The molecule has 1 atom stereocenters. The first kappa shape index (κ1) is 13.3. The van der Waals surface area contributed by atoms with E-state index in [0.717, 1.165) is 16.8 Å². The number of aromatic nitrogens is 2. The zero-order chi connectivity index (χ0) is 13.1. The van der Waals surface area contributed by atoms with E-state index < -0.39 is 0 Å². The van der Waals surface area contributed by atoms with E-state index in [1.807, 2.05) is 19.4 Å². The lowest BCUT2D eigenvalue weighted by molar-refractivity contribution is 0.588. The van der Waals surface area contributed by atoms with Crippen LogP contribution in [-0.2, 0) is 6.54 Å². The molecule has 1 heterocycles. The molecule has 1 aromatic heterocycles. The highest BCUT2D eigenvalue weighted by molar-refractivity contribution is 9.10. The number of imidazole rings is 1. The summed E-state index contributed by atoms with van der Waals surface area (Å²) >= 11 is 3.63. The number of rotatable bonds is 4. The zero-order valence-electron chi connectivity index (χ0n) is 10.9. The Kier molecular flexibility index (Phi) is 4.19. The van der Waals surface area contributed by atoms with Gasteiger partial charge in [-0.25, -0.2) is 4.98 Å². The van der Waals surface area contributed by atoms with Gasteiger partial charge in [0.25, 0.3) is 0 Å². The van der Waals surface area contributed by atoms with Gasteiger partial charge in [-0.3, -0.25) is 0 Å². The summed E-state index contributed by atoms with van der Waals surface area (Å²) in [5.41, 5.74) is 2.47. The minimum Gasteiger partial charge on any atom is -0.334 e. The Hall–Kier alpha value is -1.13.